The number of nitrogens with zero attached hydrogens (tertiary/aromatic N) is 4. The zero-order valence-electron chi connectivity index (χ0n) is 14.7. The number of halogens is 2. The van der Waals surface area contributed by atoms with Gasteiger partial charge in [0, 0.05) is 49.8 Å². The number of hydrogen-bond donors (Lipinski definition) is 2. The van der Waals surface area contributed by atoms with Crippen LogP contribution in [0.1, 0.15) is 41.8 Å². The molecule has 2 aromatic heterocycles. The molecule has 9 heteroatoms. The molecule has 0 aromatic carbocycles. The summed E-state index contributed by atoms with van der Waals surface area (Å²) in [6.07, 6.45) is 3.81. The second-order valence-electron chi connectivity index (χ2n) is 6.30. The summed E-state index contributed by atoms with van der Waals surface area (Å²) in [5.74, 6) is 2.95. The normalized spacial score (nSPS) is 18.7. The molecule has 1 fully saturated rings. The summed E-state index contributed by atoms with van der Waals surface area (Å²) in [4.78, 5) is 18.9. The van der Waals surface area contributed by atoms with Crippen LogP contribution in [0.25, 0.3) is 0 Å². The second-order valence-corrected chi connectivity index (χ2v) is 6.30. The number of imidazole rings is 1. The smallest absolute Gasteiger partial charge is 0.156 e. The van der Waals surface area contributed by atoms with Crippen LogP contribution in [0.4, 0.5) is 5.82 Å². The zero-order chi connectivity index (χ0) is 16.4. The van der Waals surface area contributed by atoms with Crippen LogP contribution in [0.5, 0.6) is 0 Å². The number of rotatable bonds is 6. The topological polar surface area (TPSA) is 93.0 Å². The number of aryl methyl sites for hydroxylation is 1. The average Bonchev–Trinajstić information content (AvgIpc) is 2.89. The first-order chi connectivity index (χ1) is 11.0. The third-order valence-electron chi connectivity index (χ3n) is 4.18. The van der Waals surface area contributed by atoms with Crippen molar-refractivity contribution >= 4 is 30.6 Å². The maximum absolute atomic E-state index is 5.91. The molecule has 0 bridgehead atoms. The molecular formula is C16H26Cl2N6O. The van der Waals surface area contributed by atoms with Gasteiger partial charge in [-0.2, -0.15) is 0 Å². The Bertz CT molecular complexity index is 674. The van der Waals surface area contributed by atoms with E-state index >= 15 is 0 Å². The van der Waals surface area contributed by atoms with Gasteiger partial charge in [-0.15, -0.1) is 24.8 Å². The standard InChI is InChI=1S/C16H24N6O.2ClH/c1-10-7-18-14(19-10)8-22(2)16-6-13(11-4-12(17)5-11)20-15(21-16)9-23-3;;/h6-7,11-12H,4-5,8-9,17H2,1-3H3,(H,18,19);2*1H. The third-order valence-corrected chi connectivity index (χ3v) is 4.18. The molecule has 3 N–H and O–H groups in total. The lowest BCUT2D eigenvalue weighted by molar-refractivity contribution is 0.177. The Morgan fingerprint density at radius 3 is 2.60 bits per heavy atom. The zero-order valence-corrected chi connectivity index (χ0v) is 16.4. The highest BCUT2D eigenvalue weighted by molar-refractivity contribution is 5.85. The number of nitrogens with one attached hydrogen (secondary N) is 1. The molecule has 0 aliphatic heterocycles. The van der Waals surface area contributed by atoms with Gasteiger partial charge in [0.15, 0.2) is 5.82 Å². The highest BCUT2D eigenvalue weighted by Crippen LogP contribution is 2.35. The van der Waals surface area contributed by atoms with E-state index in [1.165, 1.54) is 0 Å². The Hall–Kier alpha value is -1.41. The lowest BCUT2D eigenvalue weighted by Gasteiger charge is -2.32. The average molecular weight is 389 g/mol. The van der Waals surface area contributed by atoms with Gasteiger partial charge < -0.3 is 20.4 Å². The van der Waals surface area contributed by atoms with Gasteiger partial charge in [0.2, 0.25) is 0 Å². The predicted molar refractivity (Wildman–Crippen MR) is 103 cm³/mol. The quantitative estimate of drug-likeness (QED) is 0.788. The van der Waals surface area contributed by atoms with Crippen molar-refractivity contribution in [1.29, 1.82) is 0 Å². The van der Waals surface area contributed by atoms with Crippen molar-refractivity contribution in [3.8, 4) is 0 Å². The maximum atomic E-state index is 5.91. The maximum Gasteiger partial charge on any atom is 0.156 e. The summed E-state index contributed by atoms with van der Waals surface area (Å²) in [6.45, 7) is 3.07. The summed E-state index contributed by atoms with van der Waals surface area (Å²) in [7, 11) is 3.66. The van der Waals surface area contributed by atoms with Gasteiger partial charge >= 0.3 is 0 Å². The predicted octanol–water partition coefficient (Wildman–Crippen LogP) is 2.34. The summed E-state index contributed by atoms with van der Waals surface area (Å²) >= 11 is 0. The fourth-order valence-corrected chi connectivity index (χ4v) is 2.86. The molecule has 0 atom stereocenters. The minimum absolute atomic E-state index is 0. The van der Waals surface area contributed by atoms with Crippen molar-refractivity contribution in [2.45, 2.75) is 44.9 Å². The number of H-pyrrole nitrogens is 1. The summed E-state index contributed by atoms with van der Waals surface area (Å²) in [5.41, 5.74) is 8.03. The van der Waals surface area contributed by atoms with Gasteiger partial charge in [0.05, 0.1) is 6.54 Å². The van der Waals surface area contributed by atoms with E-state index in [2.05, 4.69) is 30.9 Å². The van der Waals surface area contributed by atoms with Crippen molar-refractivity contribution in [3.63, 3.8) is 0 Å². The van der Waals surface area contributed by atoms with Crippen LogP contribution >= 0.6 is 24.8 Å². The van der Waals surface area contributed by atoms with Crippen LogP contribution in [-0.4, -0.2) is 40.1 Å². The van der Waals surface area contributed by atoms with Crippen molar-refractivity contribution in [3.05, 3.63) is 35.3 Å². The van der Waals surface area contributed by atoms with E-state index in [0.29, 0.717) is 30.9 Å². The molecule has 2 aromatic rings. The number of ether oxygens (including phenoxy) is 1. The van der Waals surface area contributed by atoms with E-state index in [9.17, 15) is 0 Å². The molecular weight excluding hydrogens is 363 g/mol. The lowest BCUT2D eigenvalue weighted by Crippen LogP contribution is -2.35. The minimum Gasteiger partial charge on any atom is -0.377 e. The number of aromatic nitrogens is 4. The van der Waals surface area contributed by atoms with E-state index in [0.717, 1.165) is 35.9 Å². The minimum atomic E-state index is 0. The number of methoxy groups -OCH3 is 1. The Kier molecular flexibility index (Phi) is 8.08. The molecule has 2 heterocycles. The first kappa shape index (κ1) is 21.6. The molecule has 0 amide bonds. The molecule has 25 heavy (non-hydrogen) atoms. The highest BCUT2D eigenvalue weighted by atomic mass is 35.5. The van der Waals surface area contributed by atoms with Gasteiger partial charge in [-0.05, 0) is 19.8 Å². The molecule has 3 rings (SSSR count). The fourth-order valence-electron chi connectivity index (χ4n) is 2.86. The van der Waals surface area contributed by atoms with E-state index < -0.39 is 0 Å². The van der Waals surface area contributed by atoms with Crippen molar-refractivity contribution in [1.82, 2.24) is 19.9 Å². The van der Waals surface area contributed by atoms with Crippen molar-refractivity contribution < 1.29 is 4.74 Å². The first-order valence-electron chi connectivity index (χ1n) is 7.89. The number of nitrogens with two attached hydrogens (primary N) is 1. The van der Waals surface area contributed by atoms with Crippen LogP contribution in [0.2, 0.25) is 0 Å². The molecule has 0 spiro atoms. The van der Waals surface area contributed by atoms with Crippen LogP contribution in [-0.2, 0) is 17.9 Å². The van der Waals surface area contributed by atoms with Gasteiger partial charge in [-0.25, -0.2) is 15.0 Å². The number of anilines is 1. The molecule has 0 unspecified atom stereocenters. The third kappa shape index (κ3) is 5.28. The van der Waals surface area contributed by atoms with E-state index in [-0.39, 0.29) is 24.8 Å². The summed E-state index contributed by atoms with van der Waals surface area (Å²) in [5, 5.41) is 0. The molecule has 0 radical (unpaired) electrons. The summed E-state index contributed by atoms with van der Waals surface area (Å²) in [6, 6.07) is 2.36. The molecule has 0 saturated heterocycles. The SMILES string of the molecule is COCc1nc(C2CC(N)C2)cc(N(C)Cc2ncc(C)[nH]2)n1.Cl.Cl. The Morgan fingerprint density at radius 1 is 1.32 bits per heavy atom. The molecule has 1 aliphatic carbocycles. The largest absolute Gasteiger partial charge is 0.377 e. The van der Waals surface area contributed by atoms with Gasteiger partial charge in [0.1, 0.15) is 18.2 Å². The van der Waals surface area contributed by atoms with Crippen LogP contribution < -0.4 is 10.6 Å². The van der Waals surface area contributed by atoms with E-state index in [1.807, 2.05) is 20.2 Å². The molecule has 140 valence electrons. The van der Waals surface area contributed by atoms with Gasteiger partial charge in [-0.1, -0.05) is 0 Å². The second kappa shape index (κ2) is 9.33. The van der Waals surface area contributed by atoms with Crippen LogP contribution in [0.3, 0.4) is 0 Å². The molecule has 1 aliphatic rings. The Balaban J connectivity index is 0.00000156. The van der Waals surface area contributed by atoms with Crippen molar-refractivity contribution in [2.75, 3.05) is 19.1 Å². The summed E-state index contributed by atoms with van der Waals surface area (Å²) < 4.78 is 5.21. The molecule has 1 saturated carbocycles. The van der Waals surface area contributed by atoms with Crippen molar-refractivity contribution in [2.24, 2.45) is 5.73 Å². The number of aromatic amines is 1. The van der Waals surface area contributed by atoms with Crippen LogP contribution in [0, 0.1) is 6.92 Å². The Labute approximate surface area is 160 Å². The van der Waals surface area contributed by atoms with E-state index in [4.69, 9.17) is 10.5 Å². The first-order valence-corrected chi connectivity index (χ1v) is 7.89. The number of hydrogen-bond acceptors (Lipinski definition) is 6. The monoisotopic (exact) mass is 388 g/mol. The Morgan fingerprint density at radius 2 is 2.04 bits per heavy atom. The lowest BCUT2D eigenvalue weighted by atomic mass is 9.78. The highest BCUT2D eigenvalue weighted by Gasteiger charge is 2.29. The van der Waals surface area contributed by atoms with E-state index in [1.54, 1.807) is 7.11 Å². The fraction of sp³-hybridized carbons (Fsp3) is 0.562. The molecule has 7 nitrogen and oxygen atoms in total. The van der Waals surface area contributed by atoms with Gasteiger partial charge in [-0.3, -0.25) is 0 Å². The van der Waals surface area contributed by atoms with Gasteiger partial charge in [0.25, 0.3) is 0 Å². The van der Waals surface area contributed by atoms with Crippen LogP contribution in [0.15, 0.2) is 12.3 Å².